The highest BCUT2D eigenvalue weighted by molar-refractivity contribution is 6.95. The Labute approximate surface area is 82.9 Å². The van der Waals surface area contributed by atoms with Gasteiger partial charge in [0.15, 0.2) is 7.74 Å². The molecule has 13 heavy (non-hydrogen) atoms. The van der Waals surface area contributed by atoms with Gasteiger partial charge in [-0.2, -0.15) is 0 Å². The van der Waals surface area contributed by atoms with E-state index in [2.05, 4.69) is 41.5 Å². The molecule has 1 aliphatic rings. The third-order valence-electron chi connectivity index (χ3n) is 3.44. The Kier molecular flexibility index (Phi) is 2.37. The fourth-order valence-electron chi connectivity index (χ4n) is 2.11. The first-order chi connectivity index (χ1) is 5.60. The first-order valence-corrected chi connectivity index (χ1v) is 4.96. The van der Waals surface area contributed by atoms with Gasteiger partial charge in [0.25, 0.3) is 0 Å². The lowest BCUT2D eigenvalue weighted by Gasteiger charge is -2.46. The molecule has 1 heterocycles. The molecule has 1 saturated heterocycles. The molecule has 1 fully saturated rings. The molecule has 0 aromatic heterocycles. The van der Waals surface area contributed by atoms with Crippen molar-refractivity contribution in [1.82, 2.24) is 0 Å². The SMILES string of the molecule is BB1OC(C)(C)C(C)(C(C)(C)C)O1. The summed E-state index contributed by atoms with van der Waals surface area (Å²) in [5.74, 6) is 0. The van der Waals surface area contributed by atoms with E-state index < -0.39 is 0 Å². The van der Waals surface area contributed by atoms with Gasteiger partial charge in [-0.25, -0.2) is 0 Å². The predicted molar refractivity (Wildman–Crippen MR) is 58.4 cm³/mol. The lowest BCUT2D eigenvalue weighted by molar-refractivity contribution is -0.0857. The van der Waals surface area contributed by atoms with Crippen LogP contribution in [0, 0.1) is 5.41 Å². The minimum absolute atomic E-state index is 0.0846. The molecule has 0 amide bonds. The second kappa shape index (κ2) is 2.77. The zero-order valence-electron chi connectivity index (χ0n) is 9.89. The quantitative estimate of drug-likeness (QED) is 0.524. The zero-order chi connectivity index (χ0) is 10.5. The molecule has 0 bridgehead atoms. The molecule has 1 rings (SSSR count). The highest BCUT2D eigenvalue weighted by Gasteiger charge is 2.57. The summed E-state index contributed by atoms with van der Waals surface area (Å²) in [6.07, 6.45) is 0. The van der Waals surface area contributed by atoms with Gasteiger partial charge in [0, 0.05) is 0 Å². The van der Waals surface area contributed by atoms with Crippen LogP contribution in [0.3, 0.4) is 0 Å². The lowest BCUT2D eigenvalue weighted by atomic mass is 9.63. The number of hydrogen-bond donors (Lipinski definition) is 0. The van der Waals surface area contributed by atoms with Crippen molar-refractivity contribution in [1.29, 1.82) is 0 Å². The molecule has 74 valence electrons. The van der Waals surface area contributed by atoms with Gasteiger partial charge in [0.1, 0.15) is 0 Å². The predicted octanol–water partition coefficient (Wildman–Crippen LogP) is 1.23. The van der Waals surface area contributed by atoms with Crippen molar-refractivity contribution in [3.63, 3.8) is 0 Å². The Morgan fingerprint density at radius 1 is 1.08 bits per heavy atom. The van der Waals surface area contributed by atoms with E-state index >= 15 is 0 Å². The highest BCUT2D eigenvalue weighted by atomic mass is 16.7. The van der Waals surface area contributed by atoms with Crippen LogP contribution in [-0.2, 0) is 9.31 Å². The fourth-order valence-corrected chi connectivity index (χ4v) is 2.11. The topological polar surface area (TPSA) is 18.5 Å². The lowest BCUT2D eigenvalue weighted by Crippen LogP contribution is -2.54. The fraction of sp³-hybridized carbons (Fsp3) is 1.00. The molecule has 1 atom stereocenters. The van der Waals surface area contributed by atoms with E-state index in [1.807, 2.05) is 7.74 Å². The summed E-state index contributed by atoms with van der Waals surface area (Å²) in [5.41, 5.74) is -0.356. The first kappa shape index (κ1) is 11.1. The third kappa shape index (κ3) is 1.55. The van der Waals surface area contributed by atoms with Crippen molar-refractivity contribution in [2.24, 2.45) is 5.41 Å². The van der Waals surface area contributed by atoms with Gasteiger partial charge in [0.2, 0.25) is 0 Å². The first-order valence-electron chi connectivity index (χ1n) is 4.96. The monoisotopic (exact) mass is 182 g/mol. The summed E-state index contributed by atoms with van der Waals surface area (Å²) in [6, 6.07) is 0. The maximum atomic E-state index is 5.91. The van der Waals surface area contributed by atoms with Crippen molar-refractivity contribution in [2.75, 3.05) is 0 Å². The minimum atomic E-state index is -0.223. The summed E-state index contributed by atoms with van der Waals surface area (Å²) in [6.45, 7) is 12.9. The molecule has 1 unspecified atom stereocenters. The van der Waals surface area contributed by atoms with Crippen molar-refractivity contribution < 1.29 is 9.31 Å². The van der Waals surface area contributed by atoms with Crippen LogP contribution >= 0.6 is 0 Å². The van der Waals surface area contributed by atoms with Crippen molar-refractivity contribution in [2.45, 2.75) is 52.7 Å². The van der Waals surface area contributed by atoms with Gasteiger partial charge in [-0.3, -0.25) is 0 Å². The summed E-state index contributed by atoms with van der Waals surface area (Å²) >= 11 is 0. The molecule has 0 aromatic carbocycles. The van der Waals surface area contributed by atoms with E-state index in [1.54, 1.807) is 0 Å². The smallest absolute Gasteiger partial charge is 0.398 e. The van der Waals surface area contributed by atoms with Gasteiger partial charge in [-0.05, 0) is 26.2 Å². The second-order valence-corrected chi connectivity index (χ2v) is 5.60. The number of rotatable bonds is 0. The van der Waals surface area contributed by atoms with Crippen LogP contribution < -0.4 is 0 Å². The van der Waals surface area contributed by atoms with Crippen LogP contribution in [0.5, 0.6) is 0 Å². The maximum Gasteiger partial charge on any atom is 0.398 e. The van der Waals surface area contributed by atoms with E-state index in [9.17, 15) is 0 Å². The Balaban J connectivity index is 3.03. The largest absolute Gasteiger partial charge is 0.410 e. The third-order valence-corrected chi connectivity index (χ3v) is 3.44. The van der Waals surface area contributed by atoms with Gasteiger partial charge in [-0.1, -0.05) is 20.8 Å². The molecule has 0 radical (unpaired) electrons. The molecule has 0 N–H and O–H groups in total. The van der Waals surface area contributed by atoms with E-state index in [0.29, 0.717) is 0 Å². The molecular formula is C9H20B2O2. The molecule has 0 aromatic rings. The van der Waals surface area contributed by atoms with Gasteiger partial charge >= 0.3 is 7.01 Å². The van der Waals surface area contributed by atoms with E-state index in [4.69, 9.17) is 9.31 Å². The maximum absolute atomic E-state index is 5.91. The van der Waals surface area contributed by atoms with Gasteiger partial charge in [0.05, 0.1) is 11.2 Å². The standard InChI is InChI=1S/C9H20B2O2/c1-7(2,3)9(6)8(4,5)12-11(10)13-9/h10H2,1-6H3. The van der Waals surface area contributed by atoms with Crippen LogP contribution in [0.2, 0.25) is 0 Å². The van der Waals surface area contributed by atoms with Crippen LogP contribution in [0.1, 0.15) is 41.5 Å². The highest BCUT2D eigenvalue weighted by Crippen LogP contribution is 2.47. The van der Waals surface area contributed by atoms with E-state index in [-0.39, 0.29) is 23.6 Å². The van der Waals surface area contributed by atoms with Crippen LogP contribution in [0.4, 0.5) is 0 Å². The van der Waals surface area contributed by atoms with Crippen LogP contribution in [-0.4, -0.2) is 25.9 Å². The summed E-state index contributed by atoms with van der Waals surface area (Å²) in [5, 5.41) is 0. The van der Waals surface area contributed by atoms with E-state index in [0.717, 1.165) is 0 Å². The van der Waals surface area contributed by atoms with Crippen LogP contribution in [0.15, 0.2) is 0 Å². The van der Waals surface area contributed by atoms with Gasteiger partial charge < -0.3 is 9.31 Å². The zero-order valence-corrected chi connectivity index (χ0v) is 9.89. The summed E-state index contributed by atoms with van der Waals surface area (Å²) in [4.78, 5) is 0. The second-order valence-electron chi connectivity index (χ2n) is 5.60. The minimum Gasteiger partial charge on any atom is -0.410 e. The van der Waals surface area contributed by atoms with Crippen LogP contribution in [0.25, 0.3) is 0 Å². The molecule has 0 spiro atoms. The molecule has 0 saturated carbocycles. The average molecular weight is 182 g/mol. The molecule has 0 aliphatic carbocycles. The van der Waals surface area contributed by atoms with E-state index in [1.165, 1.54) is 0 Å². The Hall–Kier alpha value is 0.0499. The molecular weight excluding hydrogens is 162 g/mol. The summed E-state index contributed by atoms with van der Waals surface area (Å²) in [7, 11) is 1.86. The number of hydrogen-bond acceptors (Lipinski definition) is 2. The molecule has 2 nitrogen and oxygen atoms in total. The molecule has 1 aliphatic heterocycles. The van der Waals surface area contributed by atoms with Crippen molar-refractivity contribution in [3.8, 4) is 0 Å². The average Bonchev–Trinajstić information content (AvgIpc) is 2.00. The Bertz CT molecular complexity index is 210. The Morgan fingerprint density at radius 2 is 1.54 bits per heavy atom. The van der Waals surface area contributed by atoms with Gasteiger partial charge in [-0.15, -0.1) is 0 Å². The van der Waals surface area contributed by atoms with Crippen molar-refractivity contribution >= 4 is 14.7 Å². The van der Waals surface area contributed by atoms with Crippen molar-refractivity contribution in [3.05, 3.63) is 0 Å². The Morgan fingerprint density at radius 3 is 1.69 bits per heavy atom. The summed E-state index contributed by atoms with van der Waals surface area (Å²) < 4.78 is 11.7. The molecule has 4 heteroatoms. The normalized spacial score (nSPS) is 33.8.